The van der Waals surface area contributed by atoms with Gasteiger partial charge in [-0.05, 0) is 35.7 Å². The van der Waals surface area contributed by atoms with Gasteiger partial charge in [0.1, 0.15) is 0 Å². The largest absolute Gasteiger partial charge is 0.378 e. The van der Waals surface area contributed by atoms with E-state index in [-0.39, 0.29) is 6.03 Å². The van der Waals surface area contributed by atoms with E-state index in [9.17, 15) is 4.79 Å². The van der Waals surface area contributed by atoms with Gasteiger partial charge >= 0.3 is 6.03 Å². The maximum absolute atomic E-state index is 12.9. The van der Waals surface area contributed by atoms with Crippen molar-refractivity contribution in [3.63, 3.8) is 0 Å². The summed E-state index contributed by atoms with van der Waals surface area (Å²) >= 11 is 0. The van der Waals surface area contributed by atoms with Crippen LogP contribution in [0.5, 0.6) is 0 Å². The van der Waals surface area contributed by atoms with Crippen molar-refractivity contribution in [3.8, 4) is 0 Å². The number of hydrogen-bond acceptors (Lipinski definition) is 2. The Balaban J connectivity index is 1.88. The number of amides is 2. The lowest BCUT2D eigenvalue weighted by Gasteiger charge is -2.26. The summed E-state index contributed by atoms with van der Waals surface area (Å²) in [6.45, 7) is 0. The molecule has 128 valence electrons. The van der Waals surface area contributed by atoms with Crippen LogP contribution in [0, 0.1) is 0 Å². The molecule has 0 unspecified atom stereocenters. The van der Waals surface area contributed by atoms with Gasteiger partial charge in [0.05, 0.1) is 5.69 Å². The molecule has 0 fully saturated rings. The number of fused-ring (bicyclic) bond motifs is 1. The van der Waals surface area contributed by atoms with Crippen LogP contribution in [0.25, 0.3) is 10.8 Å². The summed E-state index contributed by atoms with van der Waals surface area (Å²) in [7, 11) is 7.61. The van der Waals surface area contributed by atoms with Crippen molar-refractivity contribution < 1.29 is 4.79 Å². The van der Waals surface area contributed by atoms with Crippen molar-refractivity contribution in [2.24, 2.45) is 0 Å². The molecule has 3 aromatic rings. The molecule has 0 aliphatic carbocycles. The number of carbonyl (C=O) groups excluding carboxylic acids is 1. The Morgan fingerprint density at radius 1 is 0.680 bits per heavy atom. The van der Waals surface area contributed by atoms with E-state index in [2.05, 4.69) is 12.1 Å². The molecular formula is C21H23N3O. The van der Waals surface area contributed by atoms with E-state index in [1.165, 1.54) is 0 Å². The first-order valence-corrected chi connectivity index (χ1v) is 8.25. The molecule has 0 bridgehead atoms. The van der Waals surface area contributed by atoms with Gasteiger partial charge in [-0.3, -0.25) is 9.80 Å². The first kappa shape index (κ1) is 16.8. The Bertz CT molecular complexity index is 882. The SMILES string of the molecule is CN(C)c1ccc(N(C)C(=O)N(C)c2cccc3ccccc23)cc1. The van der Waals surface area contributed by atoms with Crippen molar-refractivity contribution >= 4 is 33.9 Å². The molecule has 4 heteroatoms. The maximum Gasteiger partial charge on any atom is 0.328 e. The Kier molecular flexibility index (Phi) is 4.61. The average Bonchev–Trinajstić information content (AvgIpc) is 2.65. The highest BCUT2D eigenvalue weighted by molar-refractivity contribution is 6.08. The van der Waals surface area contributed by atoms with Crippen LogP contribution in [-0.2, 0) is 0 Å². The molecule has 0 heterocycles. The van der Waals surface area contributed by atoms with Gasteiger partial charge in [0.25, 0.3) is 0 Å². The van der Waals surface area contributed by atoms with Crippen LogP contribution in [-0.4, -0.2) is 34.2 Å². The quantitative estimate of drug-likeness (QED) is 0.700. The Morgan fingerprint density at radius 3 is 1.96 bits per heavy atom. The number of benzene rings is 3. The average molecular weight is 333 g/mol. The molecule has 0 spiro atoms. The van der Waals surface area contributed by atoms with Crippen LogP contribution in [0.4, 0.5) is 21.9 Å². The van der Waals surface area contributed by atoms with Crippen molar-refractivity contribution in [1.82, 2.24) is 0 Å². The molecule has 0 aliphatic heterocycles. The molecule has 0 radical (unpaired) electrons. The minimum absolute atomic E-state index is 0.0750. The number of urea groups is 1. The summed E-state index contributed by atoms with van der Waals surface area (Å²) in [5.74, 6) is 0. The lowest BCUT2D eigenvalue weighted by Crippen LogP contribution is -2.39. The highest BCUT2D eigenvalue weighted by atomic mass is 16.2. The number of rotatable bonds is 3. The molecule has 0 saturated heterocycles. The number of carbonyl (C=O) groups is 1. The smallest absolute Gasteiger partial charge is 0.328 e. The number of anilines is 3. The lowest BCUT2D eigenvalue weighted by atomic mass is 10.1. The number of hydrogen-bond donors (Lipinski definition) is 0. The predicted molar refractivity (Wildman–Crippen MR) is 107 cm³/mol. The molecule has 0 aliphatic rings. The van der Waals surface area contributed by atoms with E-state index in [0.717, 1.165) is 27.8 Å². The van der Waals surface area contributed by atoms with Crippen LogP contribution >= 0.6 is 0 Å². The Hall–Kier alpha value is -3.01. The summed E-state index contributed by atoms with van der Waals surface area (Å²) in [5, 5.41) is 2.19. The monoisotopic (exact) mass is 333 g/mol. The summed E-state index contributed by atoms with van der Waals surface area (Å²) < 4.78 is 0. The summed E-state index contributed by atoms with van der Waals surface area (Å²) in [6, 6.07) is 22.0. The third-order valence-corrected chi connectivity index (χ3v) is 4.46. The zero-order valence-electron chi connectivity index (χ0n) is 15.1. The second-order valence-corrected chi connectivity index (χ2v) is 6.31. The second-order valence-electron chi connectivity index (χ2n) is 6.31. The summed E-state index contributed by atoms with van der Waals surface area (Å²) in [4.78, 5) is 18.3. The predicted octanol–water partition coefficient (Wildman–Crippen LogP) is 4.60. The van der Waals surface area contributed by atoms with Crippen LogP contribution in [0.3, 0.4) is 0 Å². The topological polar surface area (TPSA) is 26.8 Å². The molecule has 25 heavy (non-hydrogen) atoms. The molecule has 2 amide bonds. The van der Waals surface area contributed by atoms with Gasteiger partial charge in [0.15, 0.2) is 0 Å². The van der Waals surface area contributed by atoms with E-state index >= 15 is 0 Å². The Morgan fingerprint density at radius 2 is 1.28 bits per heavy atom. The first-order valence-electron chi connectivity index (χ1n) is 8.25. The fraction of sp³-hybridized carbons (Fsp3) is 0.190. The van der Waals surface area contributed by atoms with Gasteiger partial charge in [0, 0.05) is 45.0 Å². The normalized spacial score (nSPS) is 10.6. The van der Waals surface area contributed by atoms with Crippen LogP contribution in [0.1, 0.15) is 0 Å². The van der Waals surface area contributed by atoms with Crippen LogP contribution in [0.2, 0.25) is 0 Å². The number of nitrogens with zero attached hydrogens (tertiary/aromatic N) is 3. The van der Waals surface area contributed by atoms with Gasteiger partial charge < -0.3 is 4.90 Å². The van der Waals surface area contributed by atoms with Gasteiger partial charge in [-0.15, -0.1) is 0 Å². The Labute approximate surface area is 148 Å². The third kappa shape index (κ3) is 3.29. The van der Waals surface area contributed by atoms with Crippen molar-refractivity contribution in [2.75, 3.05) is 42.9 Å². The molecule has 0 saturated carbocycles. The zero-order valence-corrected chi connectivity index (χ0v) is 15.1. The molecule has 4 nitrogen and oxygen atoms in total. The third-order valence-electron chi connectivity index (χ3n) is 4.46. The van der Waals surface area contributed by atoms with Crippen molar-refractivity contribution in [1.29, 1.82) is 0 Å². The molecule has 0 atom stereocenters. The van der Waals surface area contributed by atoms with Gasteiger partial charge in [-0.1, -0.05) is 36.4 Å². The maximum atomic E-state index is 12.9. The fourth-order valence-electron chi connectivity index (χ4n) is 2.91. The standard InChI is InChI=1S/C21H23N3O/c1-22(2)17-12-14-18(15-13-17)23(3)21(25)24(4)20-11-7-9-16-8-5-6-10-19(16)20/h5-15H,1-4H3. The van der Waals surface area contributed by atoms with E-state index in [1.807, 2.05) is 80.6 Å². The van der Waals surface area contributed by atoms with Gasteiger partial charge in [0.2, 0.25) is 0 Å². The second kappa shape index (κ2) is 6.85. The molecule has 3 rings (SSSR count). The highest BCUT2D eigenvalue weighted by Gasteiger charge is 2.18. The molecule has 3 aromatic carbocycles. The van der Waals surface area contributed by atoms with E-state index in [4.69, 9.17) is 0 Å². The van der Waals surface area contributed by atoms with Crippen LogP contribution < -0.4 is 14.7 Å². The van der Waals surface area contributed by atoms with E-state index in [1.54, 1.807) is 16.8 Å². The zero-order chi connectivity index (χ0) is 18.0. The molecule has 0 N–H and O–H groups in total. The fourth-order valence-corrected chi connectivity index (χ4v) is 2.91. The first-order chi connectivity index (χ1) is 12.0. The minimum atomic E-state index is -0.0750. The van der Waals surface area contributed by atoms with Crippen molar-refractivity contribution in [2.45, 2.75) is 0 Å². The van der Waals surface area contributed by atoms with Crippen LogP contribution in [0.15, 0.2) is 66.7 Å². The van der Waals surface area contributed by atoms with E-state index < -0.39 is 0 Å². The highest BCUT2D eigenvalue weighted by Crippen LogP contribution is 2.27. The summed E-state index contributed by atoms with van der Waals surface area (Å²) in [5.41, 5.74) is 2.87. The van der Waals surface area contributed by atoms with Crippen molar-refractivity contribution in [3.05, 3.63) is 66.7 Å². The van der Waals surface area contributed by atoms with Gasteiger partial charge in [-0.25, -0.2) is 4.79 Å². The van der Waals surface area contributed by atoms with Gasteiger partial charge in [-0.2, -0.15) is 0 Å². The minimum Gasteiger partial charge on any atom is -0.378 e. The lowest BCUT2D eigenvalue weighted by molar-refractivity contribution is 0.253. The summed E-state index contributed by atoms with van der Waals surface area (Å²) in [6.07, 6.45) is 0. The molecular weight excluding hydrogens is 310 g/mol. The molecule has 0 aromatic heterocycles. The van der Waals surface area contributed by atoms with E-state index in [0.29, 0.717) is 0 Å².